The molecule has 0 aliphatic rings. The Hall–Kier alpha value is -0.500. The van der Waals surface area contributed by atoms with Crippen LogP contribution in [0.15, 0.2) is 10.5 Å². The van der Waals surface area contributed by atoms with E-state index in [-0.39, 0.29) is 0 Å². The van der Waals surface area contributed by atoms with E-state index in [1.165, 1.54) is 0 Å². The largest absolute Gasteiger partial charge is 0.508 e. The summed E-state index contributed by atoms with van der Waals surface area (Å²) in [6.07, 6.45) is 0.872. The molecule has 0 fully saturated rings. The number of phenolic OH excluding ortho intramolecular Hbond substituents is 1. The summed E-state index contributed by atoms with van der Waals surface area (Å²) < 4.78 is 1.11. The van der Waals surface area contributed by atoms with Gasteiger partial charge in [0.25, 0.3) is 0 Å². The van der Waals surface area contributed by atoms with Crippen LogP contribution in [0.1, 0.15) is 23.6 Å². The van der Waals surface area contributed by atoms with E-state index in [4.69, 9.17) is 0 Å². The number of benzene rings is 1. The van der Waals surface area contributed by atoms with Crippen molar-refractivity contribution in [1.82, 2.24) is 0 Å². The SMILES string of the molecule is CCc1c(O)cc(C)c(Br)c1C. The molecule has 0 aliphatic carbocycles. The number of phenols is 1. The van der Waals surface area contributed by atoms with Crippen molar-refractivity contribution >= 4 is 15.9 Å². The zero-order valence-corrected chi connectivity index (χ0v) is 9.20. The third-order valence-corrected chi connectivity index (χ3v) is 3.36. The Bertz CT molecular complexity index is 305. The molecular weight excluding hydrogens is 216 g/mol. The average Bonchev–Trinajstić information content (AvgIpc) is 2.01. The van der Waals surface area contributed by atoms with Gasteiger partial charge in [0, 0.05) is 4.47 Å². The molecule has 1 N–H and O–H groups in total. The van der Waals surface area contributed by atoms with E-state index >= 15 is 0 Å². The summed E-state index contributed by atoms with van der Waals surface area (Å²) in [5.41, 5.74) is 3.27. The molecular formula is C10H13BrO. The summed E-state index contributed by atoms with van der Waals surface area (Å²) in [5, 5.41) is 9.58. The van der Waals surface area contributed by atoms with Crippen LogP contribution >= 0.6 is 15.9 Å². The highest BCUT2D eigenvalue weighted by atomic mass is 79.9. The minimum absolute atomic E-state index is 0.413. The lowest BCUT2D eigenvalue weighted by molar-refractivity contribution is 0.467. The third kappa shape index (κ3) is 1.48. The first kappa shape index (κ1) is 9.59. The topological polar surface area (TPSA) is 20.2 Å². The molecule has 0 saturated carbocycles. The summed E-state index contributed by atoms with van der Waals surface area (Å²) in [7, 11) is 0. The fraction of sp³-hybridized carbons (Fsp3) is 0.400. The summed E-state index contributed by atoms with van der Waals surface area (Å²) >= 11 is 3.49. The Kier molecular flexibility index (Phi) is 2.78. The molecule has 0 radical (unpaired) electrons. The smallest absolute Gasteiger partial charge is 0.119 e. The van der Waals surface area contributed by atoms with E-state index < -0.39 is 0 Å². The van der Waals surface area contributed by atoms with Gasteiger partial charge in [-0.2, -0.15) is 0 Å². The maximum absolute atomic E-state index is 9.58. The van der Waals surface area contributed by atoms with Gasteiger partial charge >= 0.3 is 0 Å². The van der Waals surface area contributed by atoms with Gasteiger partial charge in [0.2, 0.25) is 0 Å². The fourth-order valence-electron chi connectivity index (χ4n) is 1.42. The predicted molar refractivity (Wildman–Crippen MR) is 54.7 cm³/mol. The Balaban J connectivity index is 3.40. The van der Waals surface area contributed by atoms with Crippen molar-refractivity contribution in [3.05, 3.63) is 27.2 Å². The van der Waals surface area contributed by atoms with Gasteiger partial charge in [0.15, 0.2) is 0 Å². The van der Waals surface area contributed by atoms with Crippen LogP contribution in [-0.2, 0) is 6.42 Å². The second-order valence-electron chi connectivity index (χ2n) is 2.98. The van der Waals surface area contributed by atoms with Crippen molar-refractivity contribution in [1.29, 1.82) is 0 Å². The molecule has 12 heavy (non-hydrogen) atoms. The Morgan fingerprint density at radius 1 is 1.42 bits per heavy atom. The first-order valence-corrected chi connectivity index (χ1v) is 4.84. The van der Waals surface area contributed by atoms with E-state index in [1.54, 1.807) is 6.07 Å². The van der Waals surface area contributed by atoms with E-state index in [0.717, 1.165) is 27.6 Å². The van der Waals surface area contributed by atoms with Gasteiger partial charge in [-0.25, -0.2) is 0 Å². The molecule has 1 aromatic rings. The van der Waals surface area contributed by atoms with Gasteiger partial charge in [-0.1, -0.05) is 22.9 Å². The number of hydrogen-bond acceptors (Lipinski definition) is 1. The van der Waals surface area contributed by atoms with Crippen LogP contribution in [0, 0.1) is 13.8 Å². The monoisotopic (exact) mass is 228 g/mol. The van der Waals surface area contributed by atoms with E-state index in [9.17, 15) is 5.11 Å². The lowest BCUT2D eigenvalue weighted by atomic mass is 10.0. The number of aryl methyl sites for hydroxylation is 1. The highest BCUT2D eigenvalue weighted by molar-refractivity contribution is 9.10. The highest BCUT2D eigenvalue weighted by Crippen LogP contribution is 2.31. The van der Waals surface area contributed by atoms with Crippen LogP contribution in [0.2, 0.25) is 0 Å². The third-order valence-electron chi connectivity index (χ3n) is 2.14. The first-order valence-electron chi connectivity index (χ1n) is 4.05. The number of hydrogen-bond donors (Lipinski definition) is 1. The first-order chi connectivity index (χ1) is 5.57. The predicted octanol–water partition coefficient (Wildman–Crippen LogP) is 3.33. The van der Waals surface area contributed by atoms with Crippen LogP contribution in [-0.4, -0.2) is 5.11 Å². The molecule has 0 spiro atoms. The fourth-order valence-corrected chi connectivity index (χ4v) is 1.78. The van der Waals surface area contributed by atoms with Gasteiger partial charge in [0.05, 0.1) is 0 Å². The molecule has 0 bridgehead atoms. The van der Waals surface area contributed by atoms with Crippen LogP contribution in [0.5, 0.6) is 5.75 Å². The van der Waals surface area contributed by atoms with E-state index in [1.807, 2.05) is 20.8 Å². The molecule has 2 heteroatoms. The van der Waals surface area contributed by atoms with Gasteiger partial charge < -0.3 is 5.11 Å². The summed E-state index contributed by atoms with van der Waals surface area (Å²) in [6.45, 7) is 6.05. The number of rotatable bonds is 1. The number of halogens is 1. The van der Waals surface area contributed by atoms with Crippen LogP contribution in [0.4, 0.5) is 0 Å². The molecule has 1 aromatic carbocycles. The van der Waals surface area contributed by atoms with E-state index in [0.29, 0.717) is 5.75 Å². The highest BCUT2D eigenvalue weighted by Gasteiger charge is 2.08. The zero-order valence-electron chi connectivity index (χ0n) is 7.61. The van der Waals surface area contributed by atoms with Crippen molar-refractivity contribution in [3.63, 3.8) is 0 Å². The van der Waals surface area contributed by atoms with Crippen molar-refractivity contribution in [2.45, 2.75) is 27.2 Å². The Morgan fingerprint density at radius 3 is 2.50 bits per heavy atom. The molecule has 0 amide bonds. The quantitative estimate of drug-likeness (QED) is 0.782. The normalized spacial score (nSPS) is 10.3. The summed E-state index contributed by atoms with van der Waals surface area (Å²) in [6, 6.07) is 1.80. The second kappa shape index (κ2) is 3.48. The zero-order chi connectivity index (χ0) is 9.30. The van der Waals surface area contributed by atoms with Crippen molar-refractivity contribution in [3.8, 4) is 5.75 Å². The van der Waals surface area contributed by atoms with Gasteiger partial charge in [-0.3, -0.25) is 0 Å². The Morgan fingerprint density at radius 2 is 2.00 bits per heavy atom. The second-order valence-corrected chi connectivity index (χ2v) is 3.78. The minimum Gasteiger partial charge on any atom is -0.508 e. The molecule has 0 aliphatic heterocycles. The average molecular weight is 229 g/mol. The van der Waals surface area contributed by atoms with Crippen LogP contribution in [0.25, 0.3) is 0 Å². The lowest BCUT2D eigenvalue weighted by Crippen LogP contribution is -1.91. The van der Waals surface area contributed by atoms with E-state index in [2.05, 4.69) is 15.9 Å². The molecule has 1 nitrogen and oxygen atoms in total. The summed E-state index contributed by atoms with van der Waals surface area (Å²) in [4.78, 5) is 0. The molecule has 0 saturated heterocycles. The van der Waals surface area contributed by atoms with Gasteiger partial charge in [-0.05, 0) is 43.0 Å². The molecule has 0 heterocycles. The lowest BCUT2D eigenvalue weighted by Gasteiger charge is -2.10. The maximum Gasteiger partial charge on any atom is 0.119 e. The molecule has 0 aromatic heterocycles. The van der Waals surface area contributed by atoms with Gasteiger partial charge in [0.1, 0.15) is 5.75 Å². The number of aromatic hydroxyl groups is 1. The standard InChI is InChI=1S/C10H13BrO/c1-4-8-7(3)10(11)6(2)5-9(8)12/h5,12H,4H2,1-3H3. The molecule has 0 atom stereocenters. The van der Waals surface area contributed by atoms with Crippen molar-refractivity contribution in [2.75, 3.05) is 0 Å². The van der Waals surface area contributed by atoms with Gasteiger partial charge in [-0.15, -0.1) is 0 Å². The van der Waals surface area contributed by atoms with Crippen LogP contribution < -0.4 is 0 Å². The maximum atomic E-state index is 9.58. The minimum atomic E-state index is 0.413. The van der Waals surface area contributed by atoms with Crippen molar-refractivity contribution in [2.24, 2.45) is 0 Å². The van der Waals surface area contributed by atoms with Crippen molar-refractivity contribution < 1.29 is 5.11 Å². The molecule has 1 rings (SSSR count). The summed E-state index contributed by atoms with van der Waals surface area (Å²) in [5.74, 6) is 0.413. The van der Waals surface area contributed by atoms with Crippen LogP contribution in [0.3, 0.4) is 0 Å². The molecule has 0 unspecified atom stereocenters. The molecule has 66 valence electrons. The Labute approximate surface area is 81.6 Å².